The molecular weight excluding hydrogens is 262 g/mol. The van der Waals surface area contributed by atoms with E-state index in [9.17, 15) is 4.79 Å². The van der Waals surface area contributed by atoms with Crippen LogP contribution in [0.15, 0.2) is 30.3 Å². The molecule has 0 aliphatic carbocycles. The van der Waals surface area contributed by atoms with Gasteiger partial charge >= 0.3 is 0 Å². The zero-order chi connectivity index (χ0) is 15.4. The SMILES string of the molecule is CNC(=O)[C@@H](NCc1ccc2nc(C)ccc2c1)C(C)C. The maximum atomic E-state index is 11.8. The Bertz CT molecular complexity index is 637. The number of amides is 1. The highest BCUT2D eigenvalue weighted by Gasteiger charge is 2.20. The Morgan fingerprint density at radius 1 is 1.24 bits per heavy atom. The van der Waals surface area contributed by atoms with Gasteiger partial charge in [0.05, 0.1) is 11.6 Å². The highest BCUT2D eigenvalue weighted by molar-refractivity contribution is 5.82. The van der Waals surface area contributed by atoms with E-state index < -0.39 is 0 Å². The average Bonchev–Trinajstić information content (AvgIpc) is 2.46. The Labute approximate surface area is 126 Å². The van der Waals surface area contributed by atoms with E-state index in [0.29, 0.717) is 6.54 Å². The van der Waals surface area contributed by atoms with Crippen molar-refractivity contribution in [2.45, 2.75) is 33.4 Å². The fraction of sp³-hybridized carbons (Fsp3) is 0.412. The zero-order valence-electron chi connectivity index (χ0n) is 13.1. The van der Waals surface area contributed by atoms with Crippen LogP contribution in [0.4, 0.5) is 0 Å². The molecule has 2 rings (SSSR count). The molecule has 4 nitrogen and oxygen atoms in total. The summed E-state index contributed by atoms with van der Waals surface area (Å²) in [4.78, 5) is 16.3. The number of pyridine rings is 1. The Morgan fingerprint density at radius 2 is 2.00 bits per heavy atom. The quantitative estimate of drug-likeness (QED) is 0.887. The van der Waals surface area contributed by atoms with Crippen LogP contribution in [0.2, 0.25) is 0 Å². The first kappa shape index (κ1) is 15.4. The molecular formula is C17H23N3O. The van der Waals surface area contributed by atoms with Gasteiger partial charge in [-0.3, -0.25) is 9.78 Å². The molecule has 1 aromatic carbocycles. The van der Waals surface area contributed by atoms with Gasteiger partial charge in [-0.1, -0.05) is 26.0 Å². The molecule has 0 spiro atoms. The molecule has 0 unspecified atom stereocenters. The maximum Gasteiger partial charge on any atom is 0.237 e. The van der Waals surface area contributed by atoms with E-state index in [-0.39, 0.29) is 17.9 Å². The van der Waals surface area contributed by atoms with Crippen molar-refractivity contribution in [2.75, 3.05) is 7.05 Å². The second-order valence-electron chi connectivity index (χ2n) is 5.70. The third-order valence-corrected chi connectivity index (χ3v) is 3.61. The molecule has 21 heavy (non-hydrogen) atoms. The number of carbonyl (C=O) groups is 1. The Kier molecular flexibility index (Phi) is 4.91. The van der Waals surface area contributed by atoms with Crippen molar-refractivity contribution in [2.24, 2.45) is 5.92 Å². The molecule has 2 aromatic rings. The van der Waals surface area contributed by atoms with Crippen LogP contribution in [0.25, 0.3) is 10.9 Å². The largest absolute Gasteiger partial charge is 0.358 e. The zero-order valence-corrected chi connectivity index (χ0v) is 13.1. The molecule has 0 saturated heterocycles. The Hall–Kier alpha value is -1.94. The van der Waals surface area contributed by atoms with E-state index >= 15 is 0 Å². The van der Waals surface area contributed by atoms with Crippen molar-refractivity contribution in [3.05, 3.63) is 41.6 Å². The van der Waals surface area contributed by atoms with E-state index in [1.807, 2.05) is 32.9 Å². The topological polar surface area (TPSA) is 54.0 Å². The number of hydrogen-bond acceptors (Lipinski definition) is 3. The first-order chi connectivity index (χ1) is 10.0. The molecule has 0 fully saturated rings. The lowest BCUT2D eigenvalue weighted by molar-refractivity contribution is -0.123. The van der Waals surface area contributed by atoms with Crippen molar-refractivity contribution >= 4 is 16.8 Å². The van der Waals surface area contributed by atoms with Crippen LogP contribution in [0.5, 0.6) is 0 Å². The lowest BCUT2D eigenvalue weighted by atomic mass is 10.0. The van der Waals surface area contributed by atoms with Crippen molar-refractivity contribution in [1.82, 2.24) is 15.6 Å². The molecule has 2 N–H and O–H groups in total. The van der Waals surface area contributed by atoms with E-state index in [4.69, 9.17) is 0 Å². The molecule has 112 valence electrons. The number of aryl methyl sites for hydroxylation is 1. The molecule has 1 heterocycles. The van der Waals surface area contributed by atoms with Crippen LogP contribution in [-0.2, 0) is 11.3 Å². The van der Waals surface area contributed by atoms with Crippen molar-refractivity contribution in [1.29, 1.82) is 0 Å². The predicted molar refractivity (Wildman–Crippen MR) is 86.0 cm³/mol. The van der Waals surface area contributed by atoms with Crippen LogP contribution < -0.4 is 10.6 Å². The Morgan fingerprint density at radius 3 is 2.67 bits per heavy atom. The van der Waals surface area contributed by atoms with Gasteiger partial charge in [-0.2, -0.15) is 0 Å². The number of rotatable bonds is 5. The van der Waals surface area contributed by atoms with E-state index in [0.717, 1.165) is 22.2 Å². The minimum absolute atomic E-state index is 0.0306. The van der Waals surface area contributed by atoms with Gasteiger partial charge in [0.25, 0.3) is 0 Å². The fourth-order valence-electron chi connectivity index (χ4n) is 2.40. The number of hydrogen-bond donors (Lipinski definition) is 2. The van der Waals surface area contributed by atoms with E-state index in [2.05, 4.69) is 33.8 Å². The maximum absolute atomic E-state index is 11.8. The van der Waals surface area contributed by atoms with Gasteiger partial charge in [0, 0.05) is 24.7 Å². The first-order valence-electron chi connectivity index (χ1n) is 7.32. The van der Waals surface area contributed by atoms with E-state index in [1.54, 1.807) is 7.05 Å². The van der Waals surface area contributed by atoms with Gasteiger partial charge in [0.2, 0.25) is 5.91 Å². The number of likely N-dealkylation sites (N-methyl/N-ethyl adjacent to an activating group) is 1. The summed E-state index contributed by atoms with van der Waals surface area (Å²) < 4.78 is 0. The summed E-state index contributed by atoms with van der Waals surface area (Å²) in [7, 11) is 1.67. The summed E-state index contributed by atoms with van der Waals surface area (Å²) >= 11 is 0. The number of fused-ring (bicyclic) bond motifs is 1. The molecule has 0 saturated carbocycles. The second kappa shape index (κ2) is 6.68. The van der Waals surface area contributed by atoms with Crippen LogP contribution in [0, 0.1) is 12.8 Å². The van der Waals surface area contributed by atoms with Gasteiger partial charge < -0.3 is 10.6 Å². The predicted octanol–water partition coefficient (Wildman–Crippen LogP) is 2.40. The van der Waals surface area contributed by atoms with Gasteiger partial charge in [0.15, 0.2) is 0 Å². The van der Waals surface area contributed by atoms with Crippen LogP contribution in [0.1, 0.15) is 25.1 Å². The van der Waals surface area contributed by atoms with Crippen molar-refractivity contribution < 1.29 is 4.79 Å². The molecule has 1 aromatic heterocycles. The van der Waals surface area contributed by atoms with Gasteiger partial charge in [-0.05, 0) is 36.6 Å². The van der Waals surface area contributed by atoms with Gasteiger partial charge in [-0.25, -0.2) is 0 Å². The Balaban J connectivity index is 2.12. The third kappa shape index (κ3) is 3.79. The minimum atomic E-state index is -0.179. The molecule has 1 amide bonds. The first-order valence-corrected chi connectivity index (χ1v) is 7.32. The van der Waals surface area contributed by atoms with E-state index in [1.165, 1.54) is 0 Å². The number of nitrogens with one attached hydrogen (secondary N) is 2. The highest BCUT2D eigenvalue weighted by atomic mass is 16.2. The third-order valence-electron chi connectivity index (χ3n) is 3.61. The molecule has 4 heteroatoms. The molecule has 1 atom stereocenters. The molecule has 0 bridgehead atoms. The monoisotopic (exact) mass is 285 g/mol. The number of aromatic nitrogens is 1. The lowest BCUT2D eigenvalue weighted by Gasteiger charge is -2.20. The molecule has 0 radical (unpaired) electrons. The van der Waals surface area contributed by atoms with Crippen LogP contribution >= 0.6 is 0 Å². The minimum Gasteiger partial charge on any atom is -0.358 e. The second-order valence-corrected chi connectivity index (χ2v) is 5.70. The van der Waals surface area contributed by atoms with Gasteiger partial charge in [-0.15, -0.1) is 0 Å². The number of nitrogens with zero attached hydrogens (tertiary/aromatic N) is 1. The molecule has 0 aliphatic heterocycles. The summed E-state index contributed by atoms with van der Waals surface area (Å²) in [5, 5.41) is 7.16. The number of benzene rings is 1. The number of carbonyl (C=O) groups excluding carboxylic acids is 1. The van der Waals surface area contributed by atoms with Crippen LogP contribution in [-0.4, -0.2) is 24.0 Å². The summed E-state index contributed by atoms with van der Waals surface area (Å²) in [5.41, 5.74) is 3.18. The van der Waals surface area contributed by atoms with Crippen molar-refractivity contribution in [3.63, 3.8) is 0 Å². The summed E-state index contributed by atoms with van der Waals surface area (Å²) in [6.07, 6.45) is 0. The standard InChI is InChI=1S/C17H23N3O/c1-11(2)16(17(21)18-4)19-10-13-6-8-15-14(9-13)7-5-12(3)20-15/h5-9,11,16,19H,10H2,1-4H3,(H,18,21)/t16-/m0/s1. The average molecular weight is 285 g/mol. The van der Waals surface area contributed by atoms with Crippen LogP contribution in [0.3, 0.4) is 0 Å². The van der Waals surface area contributed by atoms with Gasteiger partial charge in [0.1, 0.15) is 0 Å². The lowest BCUT2D eigenvalue weighted by Crippen LogP contribution is -2.45. The summed E-state index contributed by atoms with van der Waals surface area (Å²) in [5.74, 6) is 0.276. The summed E-state index contributed by atoms with van der Waals surface area (Å²) in [6, 6.07) is 10.1. The summed E-state index contributed by atoms with van der Waals surface area (Å²) in [6.45, 7) is 6.74. The smallest absolute Gasteiger partial charge is 0.237 e. The highest BCUT2D eigenvalue weighted by Crippen LogP contribution is 2.15. The fourth-order valence-corrected chi connectivity index (χ4v) is 2.40. The molecule has 0 aliphatic rings. The van der Waals surface area contributed by atoms with Crippen molar-refractivity contribution in [3.8, 4) is 0 Å². The normalized spacial score (nSPS) is 12.6.